The summed E-state index contributed by atoms with van der Waals surface area (Å²) in [6.07, 6.45) is 5.96. The number of hydrogen-bond acceptors (Lipinski definition) is 5. The van der Waals surface area contributed by atoms with Crippen LogP contribution < -0.4 is 10.2 Å². The highest BCUT2D eigenvalue weighted by atomic mass is 16.4. The van der Waals surface area contributed by atoms with E-state index in [-0.39, 0.29) is 0 Å². The fourth-order valence-corrected chi connectivity index (χ4v) is 2.05. The molecule has 0 atom stereocenters. The lowest BCUT2D eigenvalue weighted by Gasteiger charge is -2.09. The van der Waals surface area contributed by atoms with Crippen molar-refractivity contribution in [1.29, 1.82) is 0 Å². The van der Waals surface area contributed by atoms with Crippen LogP contribution in [0.4, 0.5) is 6.01 Å². The lowest BCUT2D eigenvalue weighted by atomic mass is 10.4. The topological polar surface area (TPSA) is 54.2 Å². The maximum absolute atomic E-state index is 5.63. The van der Waals surface area contributed by atoms with Crippen LogP contribution in [0.15, 0.2) is 4.42 Å². The van der Waals surface area contributed by atoms with Gasteiger partial charge in [0.05, 0.1) is 0 Å². The number of anilines is 1. The highest BCUT2D eigenvalue weighted by molar-refractivity contribution is 5.25. The summed E-state index contributed by atoms with van der Waals surface area (Å²) >= 11 is 0. The molecular formula is C11H18N4O. The molecule has 0 spiro atoms. The quantitative estimate of drug-likeness (QED) is 0.804. The second kappa shape index (κ2) is 4.41. The second-order valence-electron chi connectivity index (χ2n) is 4.65. The van der Waals surface area contributed by atoms with Gasteiger partial charge >= 0.3 is 6.01 Å². The van der Waals surface area contributed by atoms with Crippen molar-refractivity contribution in [1.82, 2.24) is 15.5 Å². The number of aromatic nitrogens is 2. The van der Waals surface area contributed by atoms with E-state index in [9.17, 15) is 0 Å². The van der Waals surface area contributed by atoms with Crippen molar-refractivity contribution in [3.63, 3.8) is 0 Å². The lowest BCUT2D eigenvalue weighted by Crippen LogP contribution is -2.19. The molecule has 1 aromatic rings. The Labute approximate surface area is 95.2 Å². The summed E-state index contributed by atoms with van der Waals surface area (Å²) in [5, 5.41) is 11.6. The third kappa shape index (κ3) is 2.35. The minimum atomic E-state index is 0.707. The van der Waals surface area contributed by atoms with E-state index in [2.05, 4.69) is 20.4 Å². The molecule has 1 aliphatic heterocycles. The number of hydrogen-bond donors (Lipinski definition) is 1. The summed E-state index contributed by atoms with van der Waals surface area (Å²) in [6, 6.07) is 1.46. The molecule has 2 fully saturated rings. The number of nitrogens with one attached hydrogen (secondary N) is 1. The highest BCUT2D eigenvalue weighted by Gasteiger charge is 2.21. The predicted molar refractivity (Wildman–Crippen MR) is 60.5 cm³/mol. The molecule has 16 heavy (non-hydrogen) atoms. The van der Waals surface area contributed by atoms with Gasteiger partial charge in [0.1, 0.15) is 0 Å². The summed E-state index contributed by atoms with van der Waals surface area (Å²) in [7, 11) is 0. The van der Waals surface area contributed by atoms with E-state index in [1.165, 1.54) is 25.7 Å². The first-order chi connectivity index (χ1) is 7.92. The number of nitrogens with zero attached hydrogens (tertiary/aromatic N) is 3. The average Bonchev–Trinajstić information content (AvgIpc) is 2.83. The minimum absolute atomic E-state index is 0.707. The molecular weight excluding hydrogens is 204 g/mol. The zero-order valence-corrected chi connectivity index (χ0v) is 9.48. The van der Waals surface area contributed by atoms with E-state index in [1.54, 1.807) is 0 Å². The zero-order valence-electron chi connectivity index (χ0n) is 9.48. The number of rotatable bonds is 5. The van der Waals surface area contributed by atoms with E-state index >= 15 is 0 Å². The molecule has 0 amide bonds. The minimum Gasteiger partial charge on any atom is -0.408 e. The van der Waals surface area contributed by atoms with Crippen LogP contribution in [-0.2, 0) is 6.42 Å². The van der Waals surface area contributed by atoms with Crippen molar-refractivity contribution < 1.29 is 4.42 Å². The van der Waals surface area contributed by atoms with Crippen LogP contribution >= 0.6 is 0 Å². The van der Waals surface area contributed by atoms with Gasteiger partial charge in [-0.2, -0.15) is 0 Å². The Balaban J connectivity index is 1.50. The fraction of sp³-hybridized carbons (Fsp3) is 0.818. The maximum atomic E-state index is 5.63. The van der Waals surface area contributed by atoms with Crippen LogP contribution in [0.25, 0.3) is 0 Å². The van der Waals surface area contributed by atoms with Gasteiger partial charge in [0.2, 0.25) is 5.89 Å². The largest absolute Gasteiger partial charge is 0.408 e. The highest BCUT2D eigenvalue weighted by Crippen LogP contribution is 2.19. The van der Waals surface area contributed by atoms with Gasteiger partial charge in [-0.1, -0.05) is 5.10 Å². The summed E-state index contributed by atoms with van der Waals surface area (Å²) in [5.41, 5.74) is 0. The Morgan fingerprint density at radius 1 is 1.25 bits per heavy atom. The van der Waals surface area contributed by atoms with Crippen molar-refractivity contribution in [2.75, 3.05) is 24.5 Å². The van der Waals surface area contributed by atoms with Gasteiger partial charge in [0, 0.05) is 32.1 Å². The first kappa shape index (κ1) is 10.1. The van der Waals surface area contributed by atoms with Gasteiger partial charge in [-0.15, -0.1) is 5.10 Å². The van der Waals surface area contributed by atoms with Gasteiger partial charge < -0.3 is 14.6 Å². The Hall–Kier alpha value is -1.10. The predicted octanol–water partition coefficient (Wildman–Crippen LogP) is 0.964. The molecule has 1 saturated heterocycles. The van der Waals surface area contributed by atoms with Crippen LogP contribution in [0.2, 0.25) is 0 Å². The Morgan fingerprint density at radius 3 is 2.81 bits per heavy atom. The second-order valence-corrected chi connectivity index (χ2v) is 4.65. The van der Waals surface area contributed by atoms with Crippen LogP contribution in [0.3, 0.4) is 0 Å². The Morgan fingerprint density at radius 2 is 2.06 bits per heavy atom. The molecule has 0 bridgehead atoms. The first-order valence-electron chi connectivity index (χ1n) is 6.22. The smallest absolute Gasteiger partial charge is 0.318 e. The van der Waals surface area contributed by atoms with E-state index in [0.29, 0.717) is 6.01 Å². The molecule has 5 nitrogen and oxygen atoms in total. The van der Waals surface area contributed by atoms with Crippen molar-refractivity contribution in [2.45, 2.75) is 38.1 Å². The summed E-state index contributed by atoms with van der Waals surface area (Å²) in [5.74, 6) is 0.759. The van der Waals surface area contributed by atoms with Crippen LogP contribution in [-0.4, -0.2) is 35.9 Å². The molecule has 1 N–H and O–H groups in total. The molecule has 1 aromatic heterocycles. The normalized spacial score (nSPS) is 20.6. The van der Waals surface area contributed by atoms with Crippen molar-refractivity contribution >= 4 is 6.01 Å². The summed E-state index contributed by atoms with van der Waals surface area (Å²) in [6.45, 7) is 3.07. The molecule has 1 saturated carbocycles. The molecule has 0 aromatic carbocycles. The molecule has 3 rings (SSSR count). The van der Waals surface area contributed by atoms with E-state index in [4.69, 9.17) is 4.42 Å². The summed E-state index contributed by atoms with van der Waals surface area (Å²) in [4.78, 5) is 2.17. The monoisotopic (exact) mass is 222 g/mol. The molecule has 0 unspecified atom stereocenters. The van der Waals surface area contributed by atoms with Crippen molar-refractivity contribution in [3.8, 4) is 0 Å². The molecule has 0 radical (unpaired) electrons. The standard InChI is InChI=1S/C11H18N4O/c1-2-8-15(7-1)11-14-13-10(16-11)5-6-12-9-3-4-9/h9,12H,1-8H2. The lowest BCUT2D eigenvalue weighted by molar-refractivity contribution is 0.480. The van der Waals surface area contributed by atoms with Gasteiger partial charge in [-0.3, -0.25) is 0 Å². The molecule has 5 heteroatoms. The van der Waals surface area contributed by atoms with Gasteiger partial charge in [0.15, 0.2) is 0 Å². The fourth-order valence-electron chi connectivity index (χ4n) is 2.05. The molecule has 2 heterocycles. The molecule has 88 valence electrons. The van der Waals surface area contributed by atoms with Crippen molar-refractivity contribution in [2.24, 2.45) is 0 Å². The van der Waals surface area contributed by atoms with Crippen molar-refractivity contribution in [3.05, 3.63) is 5.89 Å². The third-order valence-electron chi connectivity index (χ3n) is 3.18. The van der Waals surface area contributed by atoms with Gasteiger partial charge in [0.25, 0.3) is 0 Å². The SMILES string of the molecule is C1CCN(c2nnc(CCNC3CC3)o2)C1. The van der Waals surface area contributed by atoms with Gasteiger partial charge in [-0.25, -0.2) is 0 Å². The Bertz CT molecular complexity index is 342. The summed E-state index contributed by atoms with van der Waals surface area (Å²) < 4.78 is 5.63. The maximum Gasteiger partial charge on any atom is 0.318 e. The average molecular weight is 222 g/mol. The van der Waals surface area contributed by atoms with Crippen LogP contribution in [0.1, 0.15) is 31.6 Å². The van der Waals surface area contributed by atoms with Crippen LogP contribution in [0, 0.1) is 0 Å². The van der Waals surface area contributed by atoms with E-state index in [1.807, 2.05) is 0 Å². The van der Waals surface area contributed by atoms with E-state index < -0.39 is 0 Å². The third-order valence-corrected chi connectivity index (χ3v) is 3.18. The molecule has 2 aliphatic rings. The first-order valence-corrected chi connectivity index (χ1v) is 6.22. The molecule has 1 aliphatic carbocycles. The Kier molecular flexibility index (Phi) is 2.78. The van der Waals surface area contributed by atoms with Gasteiger partial charge in [-0.05, 0) is 25.7 Å². The van der Waals surface area contributed by atoms with E-state index in [0.717, 1.165) is 38.0 Å². The van der Waals surface area contributed by atoms with Crippen LogP contribution in [0.5, 0.6) is 0 Å². The zero-order chi connectivity index (χ0) is 10.8.